The number of carbonyl (C=O) groups is 1. The molecule has 2 aromatic rings. The molecule has 0 spiro atoms. The van der Waals surface area contributed by atoms with E-state index in [1.807, 2.05) is 4.90 Å². The Morgan fingerprint density at radius 1 is 1.27 bits per heavy atom. The molecule has 2 heterocycles. The van der Waals surface area contributed by atoms with Gasteiger partial charge in [-0.1, -0.05) is 18.2 Å². The molecule has 1 aliphatic rings. The number of benzene rings is 1. The van der Waals surface area contributed by atoms with Crippen LogP contribution in [0.5, 0.6) is 0 Å². The number of nitrogens with one attached hydrogen (secondary N) is 2. The predicted octanol–water partition coefficient (Wildman–Crippen LogP) is 1.25. The number of H-pyrrole nitrogens is 1. The second kappa shape index (κ2) is 8.73. The Balaban J connectivity index is 1.67. The molecule has 0 aliphatic carbocycles. The number of halogens is 1. The number of amides is 1. The minimum absolute atomic E-state index is 0.156. The van der Waals surface area contributed by atoms with E-state index >= 15 is 0 Å². The molecule has 2 N–H and O–H groups in total. The number of aromatic nitrogens is 1. The van der Waals surface area contributed by atoms with Crippen molar-refractivity contribution < 1.29 is 13.9 Å². The Hall–Kier alpha value is -2.51. The SMILES string of the molecule is O=C(NCCc1ccc(=O)[nH]c1)C(c1cccc(F)c1)N1CCOCC1. The second-order valence-electron chi connectivity index (χ2n) is 6.21. The zero-order valence-electron chi connectivity index (χ0n) is 14.4. The Morgan fingerprint density at radius 2 is 2.08 bits per heavy atom. The lowest BCUT2D eigenvalue weighted by Crippen LogP contribution is -2.46. The first-order valence-corrected chi connectivity index (χ1v) is 8.66. The predicted molar refractivity (Wildman–Crippen MR) is 95.3 cm³/mol. The Morgan fingerprint density at radius 3 is 2.77 bits per heavy atom. The molecule has 0 saturated carbocycles. The zero-order valence-corrected chi connectivity index (χ0v) is 14.4. The molecule has 7 heteroatoms. The van der Waals surface area contributed by atoms with Crippen LogP contribution in [0.3, 0.4) is 0 Å². The van der Waals surface area contributed by atoms with Crippen LogP contribution >= 0.6 is 0 Å². The molecule has 1 unspecified atom stereocenters. The maximum Gasteiger partial charge on any atom is 0.247 e. The van der Waals surface area contributed by atoms with Crippen molar-refractivity contribution in [2.24, 2.45) is 0 Å². The Kier molecular flexibility index (Phi) is 6.14. The van der Waals surface area contributed by atoms with Crippen LogP contribution in [0.1, 0.15) is 17.2 Å². The molecule has 1 fully saturated rings. The Labute approximate surface area is 151 Å². The summed E-state index contributed by atoms with van der Waals surface area (Å²) in [4.78, 5) is 28.5. The fourth-order valence-electron chi connectivity index (χ4n) is 3.07. The summed E-state index contributed by atoms with van der Waals surface area (Å²) >= 11 is 0. The number of morpholine rings is 1. The molecule has 1 amide bonds. The largest absolute Gasteiger partial charge is 0.379 e. The van der Waals surface area contributed by atoms with Crippen LogP contribution in [0.2, 0.25) is 0 Å². The zero-order chi connectivity index (χ0) is 18.4. The molecule has 1 aliphatic heterocycles. The molecule has 3 rings (SSSR count). The molecule has 1 atom stereocenters. The van der Waals surface area contributed by atoms with Gasteiger partial charge >= 0.3 is 0 Å². The summed E-state index contributed by atoms with van der Waals surface area (Å²) in [6.45, 7) is 2.77. The van der Waals surface area contributed by atoms with E-state index in [0.29, 0.717) is 44.8 Å². The highest BCUT2D eigenvalue weighted by molar-refractivity contribution is 5.83. The van der Waals surface area contributed by atoms with E-state index in [2.05, 4.69) is 10.3 Å². The average Bonchev–Trinajstić information content (AvgIpc) is 2.65. The lowest BCUT2D eigenvalue weighted by atomic mass is 10.0. The molecule has 138 valence electrons. The Bertz CT molecular complexity index is 782. The van der Waals surface area contributed by atoms with E-state index < -0.39 is 6.04 Å². The highest BCUT2D eigenvalue weighted by Crippen LogP contribution is 2.23. The van der Waals surface area contributed by atoms with Gasteiger partial charge in [-0.25, -0.2) is 4.39 Å². The van der Waals surface area contributed by atoms with Crippen molar-refractivity contribution >= 4 is 5.91 Å². The van der Waals surface area contributed by atoms with Crippen molar-refractivity contribution in [2.45, 2.75) is 12.5 Å². The number of nitrogens with zero attached hydrogens (tertiary/aromatic N) is 1. The van der Waals surface area contributed by atoms with Crippen LogP contribution in [0.25, 0.3) is 0 Å². The van der Waals surface area contributed by atoms with Crippen LogP contribution < -0.4 is 10.9 Å². The van der Waals surface area contributed by atoms with Gasteiger partial charge in [0.2, 0.25) is 11.5 Å². The third-order valence-electron chi connectivity index (χ3n) is 4.39. The summed E-state index contributed by atoms with van der Waals surface area (Å²) in [6, 6.07) is 8.80. The first-order valence-electron chi connectivity index (χ1n) is 8.66. The van der Waals surface area contributed by atoms with Crippen LogP contribution in [-0.4, -0.2) is 48.6 Å². The van der Waals surface area contributed by atoms with Gasteiger partial charge in [0, 0.05) is 31.9 Å². The van der Waals surface area contributed by atoms with E-state index in [4.69, 9.17) is 4.74 Å². The summed E-state index contributed by atoms with van der Waals surface area (Å²) in [6.07, 6.45) is 2.24. The van der Waals surface area contributed by atoms with E-state index in [1.165, 1.54) is 18.2 Å². The second-order valence-corrected chi connectivity index (χ2v) is 6.21. The molecule has 0 bridgehead atoms. The highest BCUT2D eigenvalue weighted by Gasteiger charge is 2.29. The molecular formula is C19H22FN3O3. The van der Waals surface area contributed by atoms with Crippen LogP contribution in [0, 0.1) is 5.82 Å². The number of hydrogen-bond donors (Lipinski definition) is 2. The van der Waals surface area contributed by atoms with Gasteiger partial charge in [0.05, 0.1) is 13.2 Å². The van der Waals surface area contributed by atoms with Gasteiger partial charge in [-0.2, -0.15) is 0 Å². The highest BCUT2D eigenvalue weighted by atomic mass is 19.1. The number of ether oxygens (including phenoxy) is 1. The number of aromatic amines is 1. The van der Waals surface area contributed by atoms with E-state index in [0.717, 1.165) is 5.56 Å². The monoisotopic (exact) mass is 359 g/mol. The number of pyridine rings is 1. The summed E-state index contributed by atoms with van der Waals surface area (Å²) < 4.78 is 19.0. The minimum Gasteiger partial charge on any atom is -0.379 e. The molecular weight excluding hydrogens is 337 g/mol. The molecule has 1 saturated heterocycles. The third kappa shape index (κ3) is 4.77. The minimum atomic E-state index is -0.551. The average molecular weight is 359 g/mol. The topological polar surface area (TPSA) is 74.4 Å². The van der Waals surface area contributed by atoms with Crippen molar-refractivity contribution in [3.8, 4) is 0 Å². The molecule has 1 aromatic heterocycles. The van der Waals surface area contributed by atoms with E-state index in [9.17, 15) is 14.0 Å². The van der Waals surface area contributed by atoms with Crippen LogP contribution in [-0.2, 0) is 16.0 Å². The smallest absolute Gasteiger partial charge is 0.247 e. The van der Waals surface area contributed by atoms with Gasteiger partial charge in [0.25, 0.3) is 0 Å². The number of hydrogen-bond acceptors (Lipinski definition) is 4. The summed E-state index contributed by atoms with van der Waals surface area (Å²) in [7, 11) is 0. The van der Waals surface area contributed by atoms with Crippen molar-refractivity contribution in [3.63, 3.8) is 0 Å². The number of carbonyl (C=O) groups excluding carboxylic acids is 1. The lowest BCUT2D eigenvalue weighted by molar-refractivity contribution is -0.128. The van der Waals surface area contributed by atoms with E-state index in [1.54, 1.807) is 24.4 Å². The van der Waals surface area contributed by atoms with Crippen molar-refractivity contribution in [3.05, 3.63) is 69.9 Å². The van der Waals surface area contributed by atoms with Crippen LogP contribution in [0.4, 0.5) is 4.39 Å². The van der Waals surface area contributed by atoms with Gasteiger partial charge in [-0.05, 0) is 29.7 Å². The normalized spacial score (nSPS) is 16.2. The fraction of sp³-hybridized carbons (Fsp3) is 0.368. The van der Waals surface area contributed by atoms with Crippen molar-refractivity contribution in [1.82, 2.24) is 15.2 Å². The van der Waals surface area contributed by atoms with Gasteiger partial charge in [-0.3, -0.25) is 14.5 Å². The fourth-order valence-corrected chi connectivity index (χ4v) is 3.07. The maximum atomic E-state index is 13.7. The van der Waals surface area contributed by atoms with Gasteiger partial charge < -0.3 is 15.0 Å². The standard InChI is InChI=1S/C19H22FN3O3/c20-16-3-1-2-15(12-16)18(23-8-10-26-11-9-23)19(25)21-7-6-14-4-5-17(24)22-13-14/h1-5,12-13,18H,6-11H2,(H,21,25)(H,22,24). The van der Waals surface area contributed by atoms with Gasteiger partial charge in [0.1, 0.15) is 11.9 Å². The summed E-state index contributed by atoms with van der Waals surface area (Å²) in [5, 5.41) is 2.93. The summed E-state index contributed by atoms with van der Waals surface area (Å²) in [5.41, 5.74) is 1.41. The molecule has 1 aromatic carbocycles. The van der Waals surface area contributed by atoms with E-state index in [-0.39, 0.29) is 17.3 Å². The van der Waals surface area contributed by atoms with Crippen molar-refractivity contribution in [1.29, 1.82) is 0 Å². The van der Waals surface area contributed by atoms with Crippen molar-refractivity contribution in [2.75, 3.05) is 32.8 Å². The first kappa shape index (κ1) is 18.3. The molecule has 6 nitrogen and oxygen atoms in total. The van der Waals surface area contributed by atoms with Gasteiger partial charge in [-0.15, -0.1) is 0 Å². The van der Waals surface area contributed by atoms with Crippen LogP contribution in [0.15, 0.2) is 47.4 Å². The summed E-state index contributed by atoms with van der Waals surface area (Å²) in [5.74, 6) is -0.524. The first-order chi connectivity index (χ1) is 12.6. The molecule has 0 radical (unpaired) electrons. The quantitative estimate of drug-likeness (QED) is 0.814. The molecule has 26 heavy (non-hydrogen) atoms. The third-order valence-corrected chi connectivity index (χ3v) is 4.39. The number of rotatable bonds is 6. The maximum absolute atomic E-state index is 13.7. The lowest BCUT2D eigenvalue weighted by Gasteiger charge is -2.33. The van der Waals surface area contributed by atoms with Gasteiger partial charge in [0.15, 0.2) is 0 Å².